The van der Waals surface area contributed by atoms with E-state index in [9.17, 15) is 14.3 Å². The van der Waals surface area contributed by atoms with Crippen LogP contribution in [0.3, 0.4) is 0 Å². The van der Waals surface area contributed by atoms with E-state index in [1.165, 1.54) is 36.6 Å². The van der Waals surface area contributed by atoms with Gasteiger partial charge in [-0.05, 0) is 18.2 Å². The fourth-order valence-corrected chi connectivity index (χ4v) is 1.43. The predicted octanol–water partition coefficient (Wildman–Crippen LogP) is 1.89. The second-order valence-electron chi connectivity index (χ2n) is 3.15. The molecule has 1 aromatic rings. The molecule has 1 aromatic heterocycles. The van der Waals surface area contributed by atoms with Crippen molar-refractivity contribution >= 4 is 5.78 Å². The van der Waals surface area contributed by atoms with Crippen molar-refractivity contribution in [2.45, 2.75) is 5.92 Å². The van der Waals surface area contributed by atoms with E-state index in [0.717, 1.165) is 0 Å². The highest BCUT2D eigenvalue weighted by molar-refractivity contribution is 6.00. The zero-order valence-electron chi connectivity index (χ0n) is 7.72. The van der Waals surface area contributed by atoms with E-state index in [1.54, 1.807) is 0 Å². The van der Waals surface area contributed by atoms with Gasteiger partial charge in [-0.2, -0.15) is 0 Å². The van der Waals surface area contributed by atoms with Crippen LogP contribution >= 0.6 is 0 Å². The summed E-state index contributed by atoms with van der Waals surface area (Å²) >= 11 is 0. The summed E-state index contributed by atoms with van der Waals surface area (Å²) in [6.45, 7) is 0. The molecule has 0 spiro atoms. The summed E-state index contributed by atoms with van der Waals surface area (Å²) in [6, 6.07) is 2.68. The Hall–Kier alpha value is -1.97. The topological polar surface area (TPSA) is 50.2 Å². The van der Waals surface area contributed by atoms with Crippen LogP contribution in [0, 0.1) is 5.82 Å². The molecule has 0 fully saturated rings. The van der Waals surface area contributed by atoms with E-state index < -0.39 is 17.5 Å². The minimum Gasteiger partial charge on any atom is -0.504 e. The van der Waals surface area contributed by atoms with Crippen molar-refractivity contribution < 1.29 is 14.3 Å². The third-order valence-corrected chi connectivity index (χ3v) is 2.17. The van der Waals surface area contributed by atoms with Crippen LogP contribution in [0.5, 0.6) is 0 Å². The summed E-state index contributed by atoms with van der Waals surface area (Å²) in [6.07, 6.45) is 5.71. The van der Waals surface area contributed by atoms with Crippen molar-refractivity contribution in [3.63, 3.8) is 0 Å². The van der Waals surface area contributed by atoms with Gasteiger partial charge in [-0.15, -0.1) is 0 Å². The molecule has 2 rings (SSSR count). The molecule has 1 aliphatic carbocycles. The average molecular weight is 205 g/mol. The van der Waals surface area contributed by atoms with Gasteiger partial charge < -0.3 is 5.11 Å². The Morgan fingerprint density at radius 2 is 2.27 bits per heavy atom. The number of allylic oxidation sites excluding steroid dienone is 4. The van der Waals surface area contributed by atoms with Crippen molar-refractivity contribution in [3.05, 3.63) is 53.8 Å². The van der Waals surface area contributed by atoms with Gasteiger partial charge in [0.15, 0.2) is 5.76 Å². The number of ketones is 1. The monoisotopic (exact) mass is 205 g/mol. The predicted molar refractivity (Wildman–Crippen MR) is 51.8 cm³/mol. The molecule has 76 valence electrons. The SMILES string of the molecule is O=C1C(O)=CC=CC1c1ncccc1F. The van der Waals surface area contributed by atoms with Gasteiger partial charge >= 0.3 is 0 Å². The lowest BCUT2D eigenvalue weighted by molar-refractivity contribution is -0.118. The lowest BCUT2D eigenvalue weighted by Crippen LogP contribution is -2.17. The molecule has 1 aliphatic rings. The Bertz CT molecular complexity index is 465. The molecule has 0 saturated heterocycles. The number of aliphatic hydroxyl groups excluding tert-OH is 1. The van der Waals surface area contributed by atoms with Gasteiger partial charge in [0.2, 0.25) is 5.78 Å². The van der Waals surface area contributed by atoms with Crippen molar-refractivity contribution in [1.29, 1.82) is 0 Å². The Morgan fingerprint density at radius 3 is 3.00 bits per heavy atom. The van der Waals surface area contributed by atoms with Crippen molar-refractivity contribution in [3.8, 4) is 0 Å². The van der Waals surface area contributed by atoms with E-state index in [0.29, 0.717) is 0 Å². The highest BCUT2D eigenvalue weighted by Crippen LogP contribution is 2.24. The number of aliphatic hydroxyl groups is 1. The molecule has 15 heavy (non-hydrogen) atoms. The summed E-state index contributed by atoms with van der Waals surface area (Å²) in [5.74, 6) is -2.27. The van der Waals surface area contributed by atoms with Gasteiger partial charge in [0, 0.05) is 6.20 Å². The number of Topliss-reactive ketones (excluding diaryl/α,β-unsaturated/α-hetero) is 1. The highest BCUT2D eigenvalue weighted by atomic mass is 19.1. The van der Waals surface area contributed by atoms with E-state index in [-0.39, 0.29) is 11.5 Å². The lowest BCUT2D eigenvalue weighted by Gasteiger charge is -2.13. The number of hydrogen-bond donors (Lipinski definition) is 1. The average Bonchev–Trinajstić information content (AvgIpc) is 2.23. The fraction of sp³-hybridized carbons (Fsp3) is 0.0909. The molecule has 3 nitrogen and oxygen atoms in total. The maximum atomic E-state index is 13.3. The molecular formula is C11H8FNO2. The second-order valence-corrected chi connectivity index (χ2v) is 3.15. The number of pyridine rings is 1. The van der Waals surface area contributed by atoms with Gasteiger partial charge in [-0.25, -0.2) is 4.39 Å². The smallest absolute Gasteiger partial charge is 0.210 e. The quantitative estimate of drug-likeness (QED) is 0.761. The van der Waals surface area contributed by atoms with Crippen LogP contribution in [-0.2, 0) is 4.79 Å². The molecule has 1 N–H and O–H groups in total. The zero-order valence-corrected chi connectivity index (χ0v) is 7.72. The number of aromatic nitrogens is 1. The maximum absolute atomic E-state index is 13.3. The van der Waals surface area contributed by atoms with Gasteiger partial charge in [-0.3, -0.25) is 9.78 Å². The highest BCUT2D eigenvalue weighted by Gasteiger charge is 2.26. The van der Waals surface area contributed by atoms with Crippen molar-refractivity contribution in [2.24, 2.45) is 0 Å². The minimum absolute atomic E-state index is 0.0402. The van der Waals surface area contributed by atoms with Gasteiger partial charge in [0.05, 0.1) is 11.6 Å². The van der Waals surface area contributed by atoms with Crippen LogP contribution in [0.4, 0.5) is 4.39 Å². The molecule has 0 radical (unpaired) electrons. The summed E-state index contributed by atoms with van der Waals surface area (Å²) < 4.78 is 13.3. The van der Waals surface area contributed by atoms with E-state index in [1.807, 2.05) is 0 Å². The molecule has 0 amide bonds. The number of halogens is 1. The Morgan fingerprint density at radius 1 is 1.47 bits per heavy atom. The van der Waals surface area contributed by atoms with Crippen LogP contribution < -0.4 is 0 Å². The summed E-state index contributed by atoms with van der Waals surface area (Å²) in [5.41, 5.74) is 0.0402. The van der Waals surface area contributed by atoms with Crippen LogP contribution in [0.1, 0.15) is 11.6 Å². The minimum atomic E-state index is -0.823. The largest absolute Gasteiger partial charge is 0.504 e. The number of rotatable bonds is 1. The molecule has 1 atom stereocenters. The second kappa shape index (κ2) is 3.65. The van der Waals surface area contributed by atoms with Crippen LogP contribution in [0.25, 0.3) is 0 Å². The third kappa shape index (κ3) is 1.66. The van der Waals surface area contributed by atoms with Crippen molar-refractivity contribution in [1.82, 2.24) is 4.98 Å². The summed E-state index contributed by atoms with van der Waals surface area (Å²) in [7, 11) is 0. The van der Waals surface area contributed by atoms with Gasteiger partial charge in [-0.1, -0.05) is 12.2 Å². The summed E-state index contributed by atoms with van der Waals surface area (Å²) in [4.78, 5) is 15.3. The molecule has 0 saturated carbocycles. The standard InChI is InChI=1S/C11H8FNO2/c12-8-4-2-6-13-10(8)7-3-1-5-9(14)11(7)15/h1-7,14H. The molecule has 4 heteroatoms. The van der Waals surface area contributed by atoms with Crippen molar-refractivity contribution in [2.75, 3.05) is 0 Å². The van der Waals surface area contributed by atoms with Crippen LogP contribution in [0.15, 0.2) is 42.3 Å². The molecule has 1 heterocycles. The maximum Gasteiger partial charge on any atom is 0.210 e. The summed E-state index contributed by atoms with van der Waals surface area (Å²) in [5, 5.41) is 9.21. The third-order valence-electron chi connectivity index (χ3n) is 2.17. The van der Waals surface area contributed by atoms with Gasteiger partial charge in [0.25, 0.3) is 0 Å². The molecule has 0 aromatic carbocycles. The number of carbonyl (C=O) groups excluding carboxylic acids is 1. The first-order valence-electron chi connectivity index (χ1n) is 4.42. The first kappa shape index (κ1) is 9.58. The van der Waals surface area contributed by atoms with Gasteiger partial charge in [0.1, 0.15) is 5.82 Å². The molecule has 0 aliphatic heterocycles. The molecular weight excluding hydrogens is 197 g/mol. The number of nitrogens with zero attached hydrogens (tertiary/aromatic N) is 1. The van der Waals surface area contributed by atoms with Crippen LogP contribution in [-0.4, -0.2) is 15.9 Å². The normalized spacial score (nSPS) is 20.2. The Balaban J connectivity index is 2.42. The fourth-order valence-electron chi connectivity index (χ4n) is 1.43. The zero-order chi connectivity index (χ0) is 10.8. The number of hydrogen-bond acceptors (Lipinski definition) is 3. The van der Waals surface area contributed by atoms with Crippen LogP contribution in [0.2, 0.25) is 0 Å². The van der Waals surface area contributed by atoms with E-state index in [4.69, 9.17) is 0 Å². The first-order valence-corrected chi connectivity index (χ1v) is 4.42. The lowest BCUT2D eigenvalue weighted by atomic mass is 9.94. The molecule has 0 bridgehead atoms. The Kier molecular flexibility index (Phi) is 2.33. The Labute approximate surface area is 85.6 Å². The van der Waals surface area contributed by atoms with E-state index in [2.05, 4.69) is 4.98 Å². The number of carbonyl (C=O) groups is 1. The van der Waals surface area contributed by atoms with E-state index >= 15 is 0 Å². The first-order chi connectivity index (χ1) is 7.20. The molecule has 1 unspecified atom stereocenters.